The van der Waals surface area contributed by atoms with E-state index in [0.29, 0.717) is 12.5 Å². The lowest BCUT2D eigenvalue weighted by molar-refractivity contribution is 0.210. The van der Waals surface area contributed by atoms with Crippen LogP contribution in [0.4, 0.5) is 11.6 Å². The maximum absolute atomic E-state index is 5.01. The predicted molar refractivity (Wildman–Crippen MR) is 76.6 cm³/mol. The van der Waals surface area contributed by atoms with Crippen LogP contribution in [0, 0.1) is 5.92 Å². The van der Waals surface area contributed by atoms with Crippen molar-refractivity contribution < 1.29 is 4.74 Å². The Labute approximate surface area is 114 Å². The van der Waals surface area contributed by atoms with Crippen molar-refractivity contribution >= 4 is 11.6 Å². The van der Waals surface area contributed by atoms with Gasteiger partial charge in [-0.25, -0.2) is 9.97 Å². The molecule has 0 aliphatic carbocycles. The summed E-state index contributed by atoms with van der Waals surface area (Å²) in [5.41, 5.74) is 0. The summed E-state index contributed by atoms with van der Waals surface area (Å²) in [6.45, 7) is 4.64. The van der Waals surface area contributed by atoms with E-state index >= 15 is 0 Å². The molecular weight excluding hydrogens is 242 g/mol. The summed E-state index contributed by atoms with van der Waals surface area (Å²) in [7, 11) is 3.70. The molecule has 0 spiro atoms. The van der Waals surface area contributed by atoms with Crippen LogP contribution in [0.5, 0.6) is 0 Å². The molecule has 1 aliphatic heterocycles. The molecule has 1 aliphatic rings. The third-order valence-electron chi connectivity index (χ3n) is 3.37. The summed E-state index contributed by atoms with van der Waals surface area (Å²) in [6, 6.07) is 2.01. The van der Waals surface area contributed by atoms with Crippen molar-refractivity contribution in [2.75, 3.05) is 57.2 Å². The first-order valence-electron chi connectivity index (χ1n) is 6.78. The molecule has 0 saturated carbocycles. The zero-order chi connectivity index (χ0) is 13.5. The van der Waals surface area contributed by atoms with Gasteiger partial charge in [-0.2, -0.15) is 0 Å². The van der Waals surface area contributed by atoms with Crippen LogP contribution in [0.15, 0.2) is 12.4 Å². The summed E-state index contributed by atoms with van der Waals surface area (Å²) in [6.07, 6.45) is 2.84. The van der Waals surface area contributed by atoms with Gasteiger partial charge in [0.2, 0.25) is 0 Å². The third kappa shape index (κ3) is 4.04. The molecule has 6 nitrogen and oxygen atoms in total. The van der Waals surface area contributed by atoms with Crippen LogP contribution in [0.2, 0.25) is 0 Å². The second-order valence-electron chi connectivity index (χ2n) is 4.84. The molecule has 6 heteroatoms. The van der Waals surface area contributed by atoms with Gasteiger partial charge in [0.15, 0.2) is 0 Å². The lowest BCUT2D eigenvalue weighted by Crippen LogP contribution is -2.25. The molecule has 1 aromatic heterocycles. The molecule has 1 saturated heterocycles. The standard InChI is InChI=1S/C13H23N5O/c1-14-8-11-3-5-18(9-11)13-7-12(16-10-17-13)15-4-6-19-2/h7,10-11,14H,3-6,8-9H2,1-2H3,(H,15,16,17). The van der Waals surface area contributed by atoms with E-state index in [0.717, 1.165) is 37.8 Å². The molecule has 19 heavy (non-hydrogen) atoms. The fraction of sp³-hybridized carbons (Fsp3) is 0.692. The first-order chi connectivity index (χ1) is 9.33. The summed E-state index contributed by atoms with van der Waals surface area (Å²) in [5, 5.41) is 6.47. The van der Waals surface area contributed by atoms with Crippen molar-refractivity contribution in [3.05, 3.63) is 12.4 Å². The van der Waals surface area contributed by atoms with E-state index in [4.69, 9.17) is 4.74 Å². The zero-order valence-corrected chi connectivity index (χ0v) is 11.7. The Hall–Kier alpha value is -1.40. The van der Waals surface area contributed by atoms with E-state index in [2.05, 4.69) is 25.5 Å². The smallest absolute Gasteiger partial charge is 0.134 e. The first-order valence-corrected chi connectivity index (χ1v) is 6.78. The van der Waals surface area contributed by atoms with Gasteiger partial charge in [-0.15, -0.1) is 0 Å². The van der Waals surface area contributed by atoms with Crippen LogP contribution in [0.3, 0.4) is 0 Å². The molecule has 0 amide bonds. The maximum Gasteiger partial charge on any atom is 0.134 e. The molecule has 1 unspecified atom stereocenters. The number of rotatable bonds is 7. The minimum absolute atomic E-state index is 0.674. The van der Waals surface area contributed by atoms with Crippen LogP contribution < -0.4 is 15.5 Å². The fourth-order valence-electron chi connectivity index (χ4n) is 2.39. The minimum atomic E-state index is 0.674. The van der Waals surface area contributed by atoms with Crippen molar-refractivity contribution in [2.24, 2.45) is 5.92 Å². The van der Waals surface area contributed by atoms with Gasteiger partial charge in [-0.05, 0) is 25.9 Å². The molecule has 0 radical (unpaired) electrons. The zero-order valence-electron chi connectivity index (χ0n) is 11.7. The quantitative estimate of drug-likeness (QED) is 0.703. The highest BCUT2D eigenvalue weighted by molar-refractivity contribution is 5.49. The number of anilines is 2. The lowest BCUT2D eigenvalue weighted by Gasteiger charge is -2.18. The molecule has 2 N–H and O–H groups in total. The molecule has 0 aromatic carbocycles. The summed E-state index contributed by atoms with van der Waals surface area (Å²) in [5.74, 6) is 2.58. The Morgan fingerprint density at radius 2 is 2.37 bits per heavy atom. The molecular formula is C13H23N5O. The van der Waals surface area contributed by atoms with E-state index in [1.807, 2.05) is 13.1 Å². The number of nitrogens with one attached hydrogen (secondary N) is 2. The minimum Gasteiger partial charge on any atom is -0.383 e. The van der Waals surface area contributed by atoms with Crippen LogP contribution in [0.1, 0.15) is 6.42 Å². The van der Waals surface area contributed by atoms with Crippen molar-refractivity contribution in [3.63, 3.8) is 0 Å². The average Bonchev–Trinajstić information content (AvgIpc) is 2.89. The molecule has 0 bridgehead atoms. The Morgan fingerprint density at radius 3 is 3.16 bits per heavy atom. The molecule has 1 fully saturated rings. The van der Waals surface area contributed by atoms with Crippen LogP contribution in [-0.4, -0.2) is 56.9 Å². The van der Waals surface area contributed by atoms with Gasteiger partial charge in [0.05, 0.1) is 6.61 Å². The van der Waals surface area contributed by atoms with Crippen LogP contribution in [0.25, 0.3) is 0 Å². The number of hydrogen-bond acceptors (Lipinski definition) is 6. The highest BCUT2D eigenvalue weighted by Crippen LogP contribution is 2.22. The Bertz CT molecular complexity index is 387. The third-order valence-corrected chi connectivity index (χ3v) is 3.37. The Morgan fingerprint density at radius 1 is 1.47 bits per heavy atom. The second-order valence-corrected chi connectivity index (χ2v) is 4.84. The number of nitrogens with zero attached hydrogens (tertiary/aromatic N) is 3. The highest BCUT2D eigenvalue weighted by atomic mass is 16.5. The van der Waals surface area contributed by atoms with Crippen molar-refractivity contribution in [3.8, 4) is 0 Å². The number of aromatic nitrogens is 2. The fourth-order valence-corrected chi connectivity index (χ4v) is 2.39. The normalized spacial score (nSPS) is 18.8. The summed E-state index contributed by atoms with van der Waals surface area (Å²) in [4.78, 5) is 10.9. The Kier molecular flexibility index (Phi) is 5.35. The highest BCUT2D eigenvalue weighted by Gasteiger charge is 2.22. The van der Waals surface area contributed by atoms with Gasteiger partial charge >= 0.3 is 0 Å². The molecule has 1 atom stereocenters. The predicted octanol–water partition coefficient (Wildman–Crippen LogP) is 0.581. The Balaban J connectivity index is 1.91. The van der Waals surface area contributed by atoms with Gasteiger partial charge in [0.1, 0.15) is 18.0 Å². The van der Waals surface area contributed by atoms with Crippen molar-refractivity contribution in [2.45, 2.75) is 6.42 Å². The first kappa shape index (κ1) is 14.0. The monoisotopic (exact) mass is 265 g/mol. The van der Waals surface area contributed by atoms with E-state index in [1.165, 1.54) is 6.42 Å². The molecule has 2 heterocycles. The molecule has 106 valence electrons. The van der Waals surface area contributed by atoms with E-state index in [-0.39, 0.29) is 0 Å². The van der Waals surface area contributed by atoms with Crippen molar-refractivity contribution in [1.29, 1.82) is 0 Å². The number of methoxy groups -OCH3 is 1. The van der Waals surface area contributed by atoms with Crippen LogP contribution in [-0.2, 0) is 4.74 Å². The number of hydrogen-bond donors (Lipinski definition) is 2. The van der Waals surface area contributed by atoms with Gasteiger partial charge < -0.3 is 20.3 Å². The summed E-state index contributed by atoms with van der Waals surface area (Å²) < 4.78 is 5.01. The van der Waals surface area contributed by atoms with E-state index in [9.17, 15) is 0 Å². The molecule has 1 aromatic rings. The van der Waals surface area contributed by atoms with Gasteiger partial charge in [-0.3, -0.25) is 0 Å². The SMILES string of the molecule is CNCC1CCN(c2cc(NCCOC)ncn2)C1. The topological polar surface area (TPSA) is 62.3 Å². The van der Waals surface area contributed by atoms with Gasteiger partial charge in [-0.1, -0.05) is 0 Å². The second kappa shape index (κ2) is 7.25. The maximum atomic E-state index is 5.01. The largest absolute Gasteiger partial charge is 0.383 e. The summed E-state index contributed by atoms with van der Waals surface area (Å²) >= 11 is 0. The number of ether oxygens (including phenoxy) is 1. The lowest BCUT2D eigenvalue weighted by atomic mass is 10.1. The van der Waals surface area contributed by atoms with Gasteiger partial charge in [0.25, 0.3) is 0 Å². The average molecular weight is 265 g/mol. The van der Waals surface area contributed by atoms with Crippen LogP contribution >= 0.6 is 0 Å². The van der Waals surface area contributed by atoms with E-state index < -0.39 is 0 Å². The van der Waals surface area contributed by atoms with Gasteiger partial charge in [0, 0.05) is 32.8 Å². The van der Waals surface area contributed by atoms with Crippen molar-refractivity contribution in [1.82, 2.24) is 15.3 Å². The van der Waals surface area contributed by atoms with E-state index in [1.54, 1.807) is 13.4 Å². The molecule has 2 rings (SSSR count).